The van der Waals surface area contributed by atoms with E-state index >= 15 is 0 Å². The van der Waals surface area contributed by atoms with E-state index in [1.165, 1.54) is 15.6 Å². The maximum atomic E-state index is 12.6. The summed E-state index contributed by atoms with van der Waals surface area (Å²) in [5.74, 6) is 0.663. The highest BCUT2D eigenvalue weighted by Gasteiger charge is 2.31. The predicted molar refractivity (Wildman–Crippen MR) is 104 cm³/mol. The van der Waals surface area contributed by atoms with Crippen LogP contribution in [0.5, 0.6) is 5.75 Å². The van der Waals surface area contributed by atoms with Crippen molar-refractivity contribution in [1.29, 1.82) is 0 Å². The topological polar surface area (TPSA) is 66.9 Å². The van der Waals surface area contributed by atoms with Crippen LogP contribution in [0.3, 0.4) is 0 Å². The highest BCUT2D eigenvalue weighted by Crippen LogP contribution is 2.29. The summed E-state index contributed by atoms with van der Waals surface area (Å²) in [6.45, 7) is 1.38. The quantitative estimate of drug-likeness (QED) is 0.690. The second kappa shape index (κ2) is 8.08. The lowest BCUT2D eigenvalue weighted by Gasteiger charge is -2.33. The van der Waals surface area contributed by atoms with E-state index in [-0.39, 0.29) is 12.3 Å². The Kier molecular flexibility index (Phi) is 6.01. The molecule has 0 N–H and O–H groups in total. The molecule has 1 fully saturated rings. The van der Waals surface area contributed by atoms with Gasteiger partial charge in [-0.1, -0.05) is 18.2 Å². The number of para-hydroxylation sites is 1. The number of carbonyl (C=O) groups is 1. The number of hydrogen-bond acceptors (Lipinski definition) is 5. The molecule has 9 heteroatoms. The van der Waals surface area contributed by atoms with Crippen molar-refractivity contribution >= 4 is 43.2 Å². The first-order valence-electron chi connectivity index (χ1n) is 8.07. The Labute approximate surface area is 165 Å². The molecule has 1 aromatic carbocycles. The zero-order valence-corrected chi connectivity index (χ0v) is 17.4. The molecule has 1 aromatic heterocycles. The van der Waals surface area contributed by atoms with Crippen LogP contribution in [-0.4, -0.2) is 56.8 Å². The average molecular weight is 459 g/mol. The summed E-state index contributed by atoms with van der Waals surface area (Å²) in [6, 6.07) is 10.8. The summed E-state index contributed by atoms with van der Waals surface area (Å²) in [6.07, 6.45) is 0.245. The number of sulfonamides is 1. The highest BCUT2D eigenvalue weighted by molar-refractivity contribution is 9.11. The minimum atomic E-state index is -3.50. The molecule has 140 valence electrons. The molecule has 0 atom stereocenters. The van der Waals surface area contributed by atoms with Crippen LogP contribution in [0.1, 0.15) is 5.56 Å². The van der Waals surface area contributed by atoms with Gasteiger partial charge in [0.2, 0.25) is 5.91 Å². The number of hydrogen-bond donors (Lipinski definition) is 0. The molecule has 1 aliphatic heterocycles. The molecule has 1 saturated heterocycles. The van der Waals surface area contributed by atoms with Crippen LogP contribution in [0.25, 0.3) is 0 Å². The summed E-state index contributed by atoms with van der Waals surface area (Å²) < 4.78 is 33.1. The van der Waals surface area contributed by atoms with Gasteiger partial charge in [-0.25, -0.2) is 8.42 Å². The number of methoxy groups -OCH3 is 1. The maximum Gasteiger partial charge on any atom is 0.252 e. The van der Waals surface area contributed by atoms with Gasteiger partial charge in [0.1, 0.15) is 9.96 Å². The van der Waals surface area contributed by atoms with Crippen LogP contribution in [-0.2, 0) is 21.2 Å². The lowest BCUT2D eigenvalue weighted by atomic mass is 10.1. The van der Waals surface area contributed by atoms with Gasteiger partial charge in [-0.2, -0.15) is 4.31 Å². The number of benzene rings is 1. The van der Waals surface area contributed by atoms with Crippen molar-refractivity contribution < 1.29 is 17.9 Å². The minimum absolute atomic E-state index is 0.0228. The van der Waals surface area contributed by atoms with E-state index in [0.717, 1.165) is 9.35 Å². The van der Waals surface area contributed by atoms with Gasteiger partial charge in [0.25, 0.3) is 10.0 Å². The zero-order valence-electron chi connectivity index (χ0n) is 14.2. The summed E-state index contributed by atoms with van der Waals surface area (Å²) >= 11 is 4.49. The highest BCUT2D eigenvalue weighted by atomic mass is 79.9. The second-order valence-corrected chi connectivity index (χ2v) is 10.5. The van der Waals surface area contributed by atoms with E-state index < -0.39 is 10.0 Å². The van der Waals surface area contributed by atoms with Gasteiger partial charge in [0.05, 0.1) is 17.3 Å². The van der Waals surface area contributed by atoms with E-state index in [1.54, 1.807) is 24.1 Å². The monoisotopic (exact) mass is 458 g/mol. The molecule has 0 aliphatic carbocycles. The number of amides is 1. The van der Waals surface area contributed by atoms with Crippen molar-refractivity contribution in [1.82, 2.24) is 9.21 Å². The standard InChI is InChI=1S/C17H19BrN2O4S2/c1-24-14-5-3-2-4-13(14)12-16(21)19-8-10-20(11-9-19)26(22,23)17-7-6-15(18)25-17/h2-7H,8-12H2,1H3. The number of piperazine rings is 1. The molecule has 6 nitrogen and oxygen atoms in total. The van der Waals surface area contributed by atoms with Gasteiger partial charge in [0.15, 0.2) is 0 Å². The molecule has 26 heavy (non-hydrogen) atoms. The lowest BCUT2D eigenvalue weighted by Crippen LogP contribution is -2.50. The normalized spacial score (nSPS) is 15.8. The minimum Gasteiger partial charge on any atom is -0.496 e. The largest absolute Gasteiger partial charge is 0.496 e. The van der Waals surface area contributed by atoms with Gasteiger partial charge < -0.3 is 9.64 Å². The number of nitrogens with zero attached hydrogens (tertiary/aromatic N) is 2. The van der Waals surface area contributed by atoms with Gasteiger partial charge in [-0.3, -0.25) is 4.79 Å². The fraction of sp³-hybridized carbons (Fsp3) is 0.353. The molecule has 0 unspecified atom stereocenters. The van der Waals surface area contributed by atoms with Crippen molar-refractivity contribution in [3.05, 3.63) is 45.7 Å². The Balaban J connectivity index is 1.62. The Bertz CT molecular complexity index is 890. The van der Waals surface area contributed by atoms with Gasteiger partial charge in [-0.15, -0.1) is 11.3 Å². The Morgan fingerprint density at radius 1 is 1.15 bits per heavy atom. The van der Waals surface area contributed by atoms with Gasteiger partial charge in [0, 0.05) is 31.7 Å². The smallest absolute Gasteiger partial charge is 0.252 e. The number of thiophene rings is 1. The molecular formula is C17H19BrN2O4S2. The molecule has 2 heterocycles. The third kappa shape index (κ3) is 4.11. The van der Waals surface area contributed by atoms with Crippen LogP contribution in [0, 0.1) is 0 Å². The van der Waals surface area contributed by atoms with E-state index in [1.807, 2.05) is 24.3 Å². The number of halogens is 1. The van der Waals surface area contributed by atoms with Crippen molar-refractivity contribution in [3.63, 3.8) is 0 Å². The zero-order chi connectivity index (χ0) is 18.7. The first-order valence-corrected chi connectivity index (χ1v) is 11.1. The molecule has 1 aliphatic rings. The van der Waals surface area contributed by atoms with E-state index in [0.29, 0.717) is 36.1 Å². The van der Waals surface area contributed by atoms with E-state index in [9.17, 15) is 13.2 Å². The maximum absolute atomic E-state index is 12.6. The average Bonchev–Trinajstić information content (AvgIpc) is 3.09. The Hall–Kier alpha value is -1.42. The first kappa shape index (κ1) is 19.3. The Morgan fingerprint density at radius 2 is 1.85 bits per heavy atom. The fourth-order valence-corrected chi connectivity index (χ4v) is 6.45. The van der Waals surface area contributed by atoms with Crippen LogP contribution < -0.4 is 4.74 Å². The lowest BCUT2D eigenvalue weighted by molar-refractivity contribution is -0.131. The number of carbonyl (C=O) groups excluding carboxylic acids is 1. The van der Waals surface area contributed by atoms with E-state index in [4.69, 9.17) is 4.74 Å². The van der Waals surface area contributed by atoms with Crippen molar-refractivity contribution in [2.45, 2.75) is 10.6 Å². The molecular weight excluding hydrogens is 440 g/mol. The van der Waals surface area contributed by atoms with Crippen molar-refractivity contribution in [2.75, 3.05) is 33.3 Å². The summed E-state index contributed by atoms with van der Waals surface area (Å²) in [5, 5.41) is 0. The fourth-order valence-electron chi connectivity index (χ4n) is 2.87. The molecule has 0 radical (unpaired) electrons. The van der Waals surface area contributed by atoms with Crippen molar-refractivity contribution in [3.8, 4) is 5.75 Å². The first-order chi connectivity index (χ1) is 12.4. The molecule has 0 spiro atoms. The number of rotatable bonds is 5. The predicted octanol–water partition coefficient (Wildman–Crippen LogP) is 2.59. The van der Waals surface area contributed by atoms with Crippen LogP contribution in [0.15, 0.2) is 44.4 Å². The SMILES string of the molecule is COc1ccccc1CC(=O)N1CCN(S(=O)(=O)c2ccc(Br)s2)CC1. The van der Waals surface area contributed by atoms with Gasteiger partial charge >= 0.3 is 0 Å². The summed E-state index contributed by atoms with van der Waals surface area (Å²) in [7, 11) is -1.92. The summed E-state index contributed by atoms with van der Waals surface area (Å²) in [4.78, 5) is 14.3. The molecule has 0 bridgehead atoms. The third-order valence-corrected chi connectivity index (χ3v) is 8.26. The molecule has 3 rings (SSSR count). The third-order valence-electron chi connectivity index (χ3n) is 4.27. The number of ether oxygens (including phenoxy) is 1. The van der Waals surface area contributed by atoms with Crippen molar-refractivity contribution in [2.24, 2.45) is 0 Å². The van der Waals surface area contributed by atoms with E-state index in [2.05, 4.69) is 15.9 Å². The molecule has 2 aromatic rings. The van der Waals surface area contributed by atoms with Crippen LogP contribution >= 0.6 is 27.3 Å². The van der Waals surface area contributed by atoms with Crippen LogP contribution in [0.2, 0.25) is 0 Å². The van der Waals surface area contributed by atoms with Gasteiger partial charge in [-0.05, 0) is 34.1 Å². The second-order valence-electron chi connectivity index (χ2n) is 5.83. The summed E-state index contributed by atoms with van der Waals surface area (Å²) in [5.41, 5.74) is 0.832. The molecule has 0 saturated carbocycles. The molecule has 1 amide bonds. The Morgan fingerprint density at radius 3 is 2.46 bits per heavy atom. The van der Waals surface area contributed by atoms with Crippen LogP contribution in [0.4, 0.5) is 0 Å².